The van der Waals surface area contributed by atoms with E-state index in [4.69, 9.17) is 23.2 Å². The summed E-state index contributed by atoms with van der Waals surface area (Å²) in [6.07, 6.45) is 4.40. The average molecular weight is 323 g/mol. The Hall–Kier alpha value is -2.11. The largest absolute Gasteiger partial charge is 0.347 e. The molecule has 7 heteroatoms. The van der Waals surface area contributed by atoms with E-state index in [-0.39, 0.29) is 11.6 Å². The summed E-state index contributed by atoms with van der Waals surface area (Å²) < 4.78 is 0. The first-order valence-corrected chi connectivity index (χ1v) is 6.79. The van der Waals surface area contributed by atoms with Crippen LogP contribution in [0.15, 0.2) is 43.2 Å². The quantitative estimate of drug-likeness (QED) is 0.827. The lowest BCUT2D eigenvalue weighted by atomic mass is 10.3. The zero-order valence-corrected chi connectivity index (χ0v) is 12.4. The van der Waals surface area contributed by atoms with Gasteiger partial charge in [-0.25, -0.2) is 9.97 Å². The summed E-state index contributed by atoms with van der Waals surface area (Å²) in [7, 11) is 0. The lowest BCUT2D eigenvalue weighted by Crippen LogP contribution is -2.24. The van der Waals surface area contributed by atoms with Crippen molar-refractivity contribution < 1.29 is 4.79 Å². The van der Waals surface area contributed by atoms with Crippen LogP contribution in [0.1, 0.15) is 10.5 Å². The molecule has 1 heterocycles. The van der Waals surface area contributed by atoms with E-state index in [0.717, 1.165) is 0 Å². The smallest absolute Gasteiger partial charge is 0.271 e. The fraction of sp³-hybridized carbons (Fsp3) is 0.0714. The van der Waals surface area contributed by atoms with Gasteiger partial charge in [-0.3, -0.25) is 4.79 Å². The molecule has 0 aliphatic rings. The highest BCUT2D eigenvalue weighted by Gasteiger charge is 2.08. The van der Waals surface area contributed by atoms with E-state index in [1.165, 1.54) is 12.4 Å². The molecule has 2 aromatic rings. The Morgan fingerprint density at radius 1 is 1.29 bits per heavy atom. The molecule has 0 aliphatic heterocycles. The normalized spacial score (nSPS) is 10.0. The molecule has 108 valence electrons. The van der Waals surface area contributed by atoms with Crippen molar-refractivity contribution in [3.63, 3.8) is 0 Å². The third-order valence-electron chi connectivity index (χ3n) is 2.51. The maximum absolute atomic E-state index is 11.7. The summed E-state index contributed by atoms with van der Waals surface area (Å²) >= 11 is 12.0. The number of hydrogen-bond donors (Lipinski definition) is 2. The minimum absolute atomic E-state index is 0.222. The fourth-order valence-corrected chi connectivity index (χ4v) is 1.85. The van der Waals surface area contributed by atoms with Gasteiger partial charge in [0.2, 0.25) is 0 Å². The molecule has 2 rings (SSSR count). The molecule has 0 fully saturated rings. The van der Waals surface area contributed by atoms with Crippen LogP contribution in [0.2, 0.25) is 10.0 Å². The van der Waals surface area contributed by atoms with Crippen LogP contribution >= 0.6 is 23.2 Å². The highest BCUT2D eigenvalue weighted by molar-refractivity contribution is 6.43. The number of nitrogens with one attached hydrogen (secondary N) is 2. The number of benzene rings is 1. The maximum Gasteiger partial charge on any atom is 0.271 e. The Morgan fingerprint density at radius 2 is 2.10 bits per heavy atom. The van der Waals surface area contributed by atoms with E-state index >= 15 is 0 Å². The number of halogens is 2. The van der Waals surface area contributed by atoms with Crippen molar-refractivity contribution in [3.05, 3.63) is 59.0 Å². The molecule has 0 saturated carbocycles. The topological polar surface area (TPSA) is 66.9 Å². The van der Waals surface area contributed by atoms with Gasteiger partial charge in [-0.2, -0.15) is 0 Å². The SMILES string of the molecule is C=CCNC(=O)c1cnc(Nc2cccc(Cl)c2Cl)cn1. The Bertz CT molecular complexity index is 659. The number of rotatable bonds is 5. The van der Waals surface area contributed by atoms with E-state index < -0.39 is 0 Å². The second-order valence-electron chi connectivity index (χ2n) is 4.01. The number of carbonyl (C=O) groups is 1. The molecular formula is C14H12Cl2N4O. The standard InChI is InChI=1S/C14H12Cl2N4O/c1-2-6-17-14(21)11-7-19-12(8-18-11)20-10-5-3-4-9(15)13(10)16/h2-5,7-8H,1,6H2,(H,17,21)(H,19,20). The highest BCUT2D eigenvalue weighted by atomic mass is 35.5. The molecule has 5 nitrogen and oxygen atoms in total. The molecule has 0 unspecified atom stereocenters. The molecule has 2 N–H and O–H groups in total. The Kier molecular flexibility index (Phi) is 5.14. The van der Waals surface area contributed by atoms with E-state index in [1.807, 2.05) is 0 Å². The first-order valence-electron chi connectivity index (χ1n) is 6.04. The van der Waals surface area contributed by atoms with Gasteiger partial charge in [0.1, 0.15) is 11.5 Å². The van der Waals surface area contributed by atoms with Crippen LogP contribution < -0.4 is 10.6 Å². The van der Waals surface area contributed by atoms with Gasteiger partial charge in [0.25, 0.3) is 5.91 Å². The molecule has 1 aromatic heterocycles. The van der Waals surface area contributed by atoms with Crippen molar-refractivity contribution in [2.75, 3.05) is 11.9 Å². The minimum atomic E-state index is -0.310. The first-order chi connectivity index (χ1) is 10.1. The van der Waals surface area contributed by atoms with Crippen LogP contribution in [0.5, 0.6) is 0 Å². The van der Waals surface area contributed by atoms with Gasteiger partial charge in [-0.15, -0.1) is 6.58 Å². The lowest BCUT2D eigenvalue weighted by molar-refractivity contribution is 0.0952. The van der Waals surface area contributed by atoms with E-state index in [1.54, 1.807) is 24.3 Å². The maximum atomic E-state index is 11.7. The van der Waals surface area contributed by atoms with Gasteiger partial charge in [-0.05, 0) is 12.1 Å². The second kappa shape index (κ2) is 7.06. The number of anilines is 2. The number of hydrogen-bond acceptors (Lipinski definition) is 4. The van der Waals surface area contributed by atoms with Gasteiger partial charge in [0.15, 0.2) is 0 Å². The summed E-state index contributed by atoms with van der Waals surface area (Å²) in [5.74, 6) is 0.147. The number of carbonyl (C=O) groups excluding carboxylic acids is 1. The van der Waals surface area contributed by atoms with Crippen LogP contribution in [0.3, 0.4) is 0 Å². The predicted molar refractivity (Wildman–Crippen MR) is 84.3 cm³/mol. The zero-order chi connectivity index (χ0) is 15.2. The van der Waals surface area contributed by atoms with Crippen LogP contribution in [0.25, 0.3) is 0 Å². The Balaban J connectivity index is 2.10. The molecular weight excluding hydrogens is 311 g/mol. The third-order valence-corrected chi connectivity index (χ3v) is 3.32. The van der Waals surface area contributed by atoms with E-state index in [0.29, 0.717) is 28.1 Å². The van der Waals surface area contributed by atoms with Crippen LogP contribution in [0.4, 0.5) is 11.5 Å². The van der Waals surface area contributed by atoms with Crippen molar-refractivity contribution in [1.82, 2.24) is 15.3 Å². The van der Waals surface area contributed by atoms with Crippen molar-refractivity contribution in [2.45, 2.75) is 0 Å². The van der Waals surface area contributed by atoms with Gasteiger partial charge >= 0.3 is 0 Å². The Labute approximate surface area is 132 Å². The summed E-state index contributed by atoms with van der Waals surface area (Å²) in [5, 5.41) is 6.44. The summed E-state index contributed by atoms with van der Waals surface area (Å²) in [5.41, 5.74) is 0.835. The van der Waals surface area contributed by atoms with Crippen molar-refractivity contribution in [3.8, 4) is 0 Å². The molecule has 0 atom stereocenters. The second-order valence-corrected chi connectivity index (χ2v) is 4.80. The molecule has 0 radical (unpaired) electrons. The van der Waals surface area contributed by atoms with Gasteiger partial charge in [0, 0.05) is 6.54 Å². The van der Waals surface area contributed by atoms with Crippen LogP contribution in [-0.4, -0.2) is 22.4 Å². The molecule has 1 amide bonds. The highest BCUT2D eigenvalue weighted by Crippen LogP contribution is 2.30. The number of aromatic nitrogens is 2. The lowest BCUT2D eigenvalue weighted by Gasteiger charge is -2.08. The molecule has 0 spiro atoms. The first kappa shape index (κ1) is 15.3. The Morgan fingerprint density at radius 3 is 2.76 bits per heavy atom. The fourth-order valence-electron chi connectivity index (χ4n) is 1.50. The zero-order valence-electron chi connectivity index (χ0n) is 10.9. The molecule has 1 aromatic carbocycles. The van der Waals surface area contributed by atoms with Crippen molar-refractivity contribution >= 4 is 40.6 Å². The van der Waals surface area contributed by atoms with E-state index in [9.17, 15) is 4.79 Å². The number of nitrogens with zero attached hydrogens (tertiary/aromatic N) is 2. The monoisotopic (exact) mass is 322 g/mol. The van der Waals surface area contributed by atoms with Crippen molar-refractivity contribution in [1.29, 1.82) is 0 Å². The third kappa shape index (κ3) is 3.93. The van der Waals surface area contributed by atoms with Gasteiger partial charge < -0.3 is 10.6 Å². The summed E-state index contributed by atoms with van der Waals surface area (Å²) in [6, 6.07) is 5.22. The van der Waals surface area contributed by atoms with Crippen LogP contribution in [0, 0.1) is 0 Å². The van der Waals surface area contributed by atoms with Gasteiger partial charge in [0.05, 0.1) is 28.1 Å². The summed E-state index contributed by atoms with van der Waals surface area (Å²) in [4.78, 5) is 19.8. The van der Waals surface area contributed by atoms with E-state index in [2.05, 4.69) is 27.2 Å². The van der Waals surface area contributed by atoms with Crippen LogP contribution in [-0.2, 0) is 0 Å². The predicted octanol–water partition coefficient (Wildman–Crippen LogP) is 3.44. The number of amides is 1. The minimum Gasteiger partial charge on any atom is -0.347 e. The average Bonchev–Trinajstić information content (AvgIpc) is 2.50. The summed E-state index contributed by atoms with van der Waals surface area (Å²) in [6.45, 7) is 3.89. The van der Waals surface area contributed by atoms with Crippen molar-refractivity contribution in [2.24, 2.45) is 0 Å². The van der Waals surface area contributed by atoms with Gasteiger partial charge in [-0.1, -0.05) is 35.3 Å². The molecule has 0 bridgehead atoms. The molecule has 0 saturated heterocycles. The molecule has 0 aliphatic carbocycles. The molecule has 21 heavy (non-hydrogen) atoms.